The van der Waals surface area contributed by atoms with Crippen molar-refractivity contribution >= 4 is 116 Å². The molecule has 6 aromatic rings. The third-order valence-electron chi connectivity index (χ3n) is 14.9. The molecule has 5 saturated heterocycles. The van der Waals surface area contributed by atoms with Gasteiger partial charge in [-0.15, -0.1) is 22.7 Å². The summed E-state index contributed by atoms with van der Waals surface area (Å²) in [4.78, 5) is 26.0. The minimum absolute atomic E-state index is 0. The largest absolute Gasteiger partial charge is 1.51 e. The average molecular weight is 1330 g/mol. The van der Waals surface area contributed by atoms with Gasteiger partial charge in [0.1, 0.15) is 39.8 Å². The molecule has 4 unspecified atom stereocenters. The molecular formula is C52H49BBrCl2F10N8O6PS2-2. The molecule has 2 aromatic carbocycles. The Morgan fingerprint density at radius 2 is 1.06 bits per heavy atom. The summed E-state index contributed by atoms with van der Waals surface area (Å²) in [6, 6.07) is 10.1. The molecule has 0 amide bonds. The van der Waals surface area contributed by atoms with Crippen LogP contribution in [-0.2, 0) is 18.8 Å². The fraction of sp³-hybridized carbons (Fsp3) is 0.500. The molecule has 446 valence electrons. The molecule has 0 saturated carbocycles. The summed E-state index contributed by atoms with van der Waals surface area (Å²) in [7, 11) is -0.484. The van der Waals surface area contributed by atoms with Crippen LogP contribution in [0.1, 0.15) is 27.7 Å². The van der Waals surface area contributed by atoms with Crippen molar-refractivity contribution in [1.29, 1.82) is 0 Å². The second-order valence-corrected chi connectivity index (χ2v) is 24.6. The number of hydrogen-bond donors (Lipinski definition) is 0. The first kappa shape index (κ1) is 64.7. The van der Waals surface area contributed by atoms with Gasteiger partial charge in [0.2, 0.25) is 11.8 Å². The molecular weight excluding hydrogens is 1280 g/mol. The maximum absolute atomic E-state index is 13.7. The summed E-state index contributed by atoms with van der Waals surface area (Å²) in [5.74, 6) is -10.3. The number of thiophene rings is 2. The fourth-order valence-corrected chi connectivity index (χ4v) is 13.2. The Morgan fingerprint density at radius 1 is 0.639 bits per heavy atom. The Kier molecular flexibility index (Phi) is 19.6. The summed E-state index contributed by atoms with van der Waals surface area (Å²) < 4.78 is 168. The number of aromatic nitrogens is 4. The molecule has 4 aromatic heterocycles. The topological polar surface area (TPSA) is 122 Å². The highest BCUT2D eigenvalue weighted by Crippen LogP contribution is 2.45. The summed E-state index contributed by atoms with van der Waals surface area (Å²) in [6.45, 7) is 20.2. The fourth-order valence-electron chi connectivity index (χ4n) is 10.2. The minimum atomic E-state index is -5.60. The Morgan fingerprint density at radius 3 is 1.49 bits per heavy atom. The van der Waals surface area contributed by atoms with E-state index < -0.39 is 62.3 Å². The number of ether oxygens (including phenoxy) is 4. The number of alkyl halides is 10. The lowest BCUT2D eigenvalue weighted by atomic mass is 9.79. The molecule has 0 radical (unpaired) electrons. The Balaban J connectivity index is 0.000000171. The van der Waals surface area contributed by atoms with Crippen LogP contribution in [0, 0.1) is 36.8 Å². The second-order valence-electron chi connectivity index (χ2n) is 21.2. The number of fused-ring (bicyclic) bond motifs is 6. The lowest BCUT2D eigenvalue weighted by Crippen LogP contribution is -2.60. The van der Waals surface area contributed by atoms with E-state index in [4.69, 9.17) is 64.6 Å². The Hall–Kier alpha value is -4.29. The van der Waals surface area contributed by atoms with E-state index in [1.165, 1.54) is 35.3 Å². The molecule has 83 heavy (non-hydrogen) atoms. The van der Waals surface area contributed by atoms with Gasteiger partial charge in [-0.2, -0.15) is 43.9 Å². The highest BCUT2D eigenvalue weighted by Gasteiger charge is 2.60. The van der Waals surface area contributed by atoms with E-state index in [1.807, 2.05) is 38.5 Å². The number of halogens is 13. The van der Waals surface area contributed by atoms with E-state index in [-0.39, 0.29) is 91.6 Å². The third-order valence-corrected chi connectivity index (χ3v) is 18.4. The predicted octanol–water partition coefficient (Wildman–Crippen LogP) is 13.8. The van der Waals surface area contributed by atoms with Gasteiger partial charge in [0, 0.05) is 81.8 Å². The van der Waals surface area contributed by atoms with Crippen molar-refractivity contribution < 1.29 is 72.2 Å². The van der Waals surface area contributed by atoms with E-state index in [0.29, 0.717) is 54.5 Å². The molecule has 0 spiro atoms. The average Bonchev–Trinajstić information content (AvgIpc) is 4.30. The molecule has 5 fully saturated rings. The lowest BCUT2D eigenvalue weighted by molar-refractivity contribution is -0.289. The number of nitrogens with zero attached hydrogens (tertiary/aromatic N) is 8. The minimum Gasteiger partial charge on any atom is -1.51 e. The van der Waals surface area contributed by atoms with Crippen LogP contribution >= 0.6 is 71.7 Å². The second kappa shape index (κ2) is 25.2. The van der Waals surface area contributed by atoms with Crippen molar-refractivity contribution in [3.63, 3.8) is 0 Å². The van der Waals surface area contributed by atoms with E-state index in [1.54, 1.807) is 36.4 Å². The quantitative estimate of drug-likeness (QED) is 0.0562. The zero-order valence-corrected chi connectivity index (χ0v) is 49.9. The van der Waals surface area contributed by atoms with Crippen LogP contribution in [0.2, 0.25) is 10.0 Å². The van der Waals surface area contributed by atoms with Gasteiger partial charge in [-0.25, -0.2) is 29.6 Å². The van der Waals surface area contributed by atoms with Crippen molar-refractivity contribution in [1.82, 2.24) is 29.7 Å². The van der Waals surface area contributed by atoms with Crippen molar-refractivity contribution in [3.05, 3.63) is 97.2 Å². The zero-order valence-electron chi connectivity index (χ0n) is 44.1. The molecule has 5 aliphatic rings. The van der Waals surface area contributed by atoms with Crippen LogP contribution in [0.15, 0.2) is 64.3 Å². The van der Waals surface area contributed by atoms with Gasteiger partial charge in [-0.1, -0.05) is 47.5 Å². The number of likely N-dealkylation sites (tertiary alicyclic amines) is 2. The van der Waals surface area contributed by atoms with E-state index in [9.17, 15) is 43.9 Å². The van der Waals surface area contributed by atoms with Crippen LogP contribution in [0.5, 0.6) is 11.8 Å². The number of rotatable bonds is 10. The van der Waals surface area contributed by atoms with Crippen LogP contribution in [0.25, 0.3) is 41.3 Å². The molecule has 5 aliphatic heterocycles. The van der Waals surface area contributed by atoms with Crippen molar-refractivity contribution in [2.24, 2.45) is 23.7 Å². The molecule has 0 N–H and O–H groups in total. The monoisotopic (exact) mass is 1330 g/mol. The molecule has 31 heteroatoms. The molecule has 11 rings (SSSR count). The smallest absolute Gasteiger partial charge is 0.496 e. The third kappa shape index (κ3) is 13.9. The van der Waals surface area contributed by atoms with Crippen LogP contribution in [0.3, 0.4) is 0 Å². The van der Waals surface area contributed by atoms with Gasteiger partial charge in [0.25, 0.3) is 0 Å². The first-order valence-electron chi connectivity index (χ1n) is 25.1. The van der Waals surface area contributed by atoms with Gasteiger partial charge >= 0.3 is 31.3 Å². The van der Waals surface area contributed by atoms with Gasteiger partial charge in [0.05, 0.1) is 73.9 Å². The molecule has 0 aliphatic carbocycles. The number of piperidine rings is 2. The Bertz CT molecular complexity index is 3350. The number of hydrogen-bond acceptors (Lipinski definition) is 14. The zero-order chi connectivity index (χ0) is 59.3. The van der Waals surface area contributed by atoms with Gasteiger partial charge < -0.3 is 38.2 Å². The summed E-state index contributed by atoms with van der Waals surface area (Å²) in [6.07, 6.45) is -9.27. The molecule has 4 bridgehead atoms. The first-order valence-corrected chi connectivity index (χ1v) is 28.4. The van der Waals surface area contributed by atoms with Crippen molar-refractivity contribution in [2.75, 3.05) is 65.7 Å². The summed E-state index contributed by atoms with van der Waals surface area (Å²) in [5.41, 5.74) is 3.67. The number of benzene rings is 2. The first-order chi connectivity index (χ1) is 38.5. The van der Waals surface area contributed by atoms with Gasteiger partial charge in [-0.3, -0.25) is 9.80 Å². The maximum atomic E-state index is 13.7. The molecule has 4 atom stereocenters. The summed E-state index contributed by atoms with van der Waals surface area (Å²) in [5, 5.41) is 4.62. The maximum Gasteiger partial charge on any atom is 0.496 e. The van der Waals surface area contributed by atoms with Gasteiger partial charge in [-0.05, 0) is 61.2 Å². The molecule has 9 heterocycles. The van der Waals surface area contributed by atoms with Crippen LogP contribution < -0.4 is 14.9 Å². The van der Waals surface area contributed by atoms with E-state index >= 15 is 0 Å². The highest BCUT2D eigenvalue weighted by atomic mass is 79.9. The van der Waals surface area contributed by atoms with E-state index in [2.05, 4.69) is 45.6 Å². The lowest BCUT2D eigenvalue weighted by Gasteiger charge is -2.47. The molecule has 14 nitrogen and oxygen atoms in total. The predicted molar refractivity (Wildman–Crippen MR) is 300 cm³/mol. The SMILES string of the molecule is FC(F)(F)C(F)(F)CN1CC2COCC(C1)C2Oc1ncnc2c(Br)csc12.[C-]#[N+]c1ccc(-c2csc3c(OC4C5COCC4CN(CC(F)(F)C(F)(F)F)C5)ncnc23)c(Cl)c1.[C-]#[N+]c1ccc(B2OC(C)(C)C(C)(C)O2)c(Cl)c1.[PH-2]. The standard InChI is InChI=1S/C23H18ClF5N4O2S.C16H15BrF5N3O2S.C13H15BClNO2.HP/c1-30-14-2-3-15(17(24)4-14)16-9-36-20-18(16)31-11-32-21(20)35-19-12-5-33(6-13(19)8-34-7-12)10-22(25,26)23(27,28)29;17-10-5-28-13-11(10)23-7-24-14(13)27-12-8-1-25(2-9(12)4-26-3-8)6-15(18,19)16(20,21)22;1-12(2)13(3,4)18-14(17-12)10-7-6-9(16-5)8-11(10)15;/h2-4,9,11-13,19H,5-8,10H2;5,7-9,12H,1-4,6H2;6-8H,1-4H3;1H/q;;;-2. The van der Waals surface area contributed by atoms with E-state index in [0.717, 1.165) is 30.0 Å². The summed E-state index contributed by atoms with van der Waals surface area (Å²) >= 11 is 18.7. The van der Waals surface area contributed by atoms with Crippen molar-refractivity contribution in [3.8, 4) is 22.9 Å². The van der Waals surface area contributed by atoms with Crippen LogP contribution in [0.4, 0.5) is 55.3 Å². The highest BCUT2D eigenvalue weighted by molar-refractivity contribution is 9.10. The van der Waals surface area contributed by atoms with Crippen LogP contribution in [-0.4, -0.2) is 150 Å². The normalized spacial score (nSPS) is 23.4. The van der Waals surface area contributed by atoms with Crippen molar-refractivity contribution in [2.45, 2.75) is 75.3 Å². The van der Waals surface area contributed by atoms with Gasteiger partial charge in [0.15, 0.2) is 11.4 Å². The Labute approximate surface area is 500 Å².